The minimum Gasteiger partial charge on any atom is -0.471 e. The molecular weight excluding hydrogens is 398 g/mol. The maximum Gasteiger partial charge on any atom is 0.314 e. The molecule has 3 atom stereocenters. The average molecular weight is 421 g/mol. The highest BCUT2D eigenvalue weighted by molar-refractivity contribution is 6.16. The van der Waals surface area contributed by atoms with Crippen molar-refractivity contribution in [3.63, 3.8) is 0 Å². The first-order chi connectivity index (χ1) is 14.8. The monoisotopic (exact) mass is 421 g/mol. The summed E-state index contributed by atoms with van der Waals surface area (Å²) in [6.07, 6.45) is 0. The quantitative estimate of drug-likeness (QED) is 0.684. The minimum absolute atomic E-state index is 0.113. The Balaban J connectivity index is 1.85. The molecule has 1 fully saturated rings. The zero-order chi connectivity index (χ0) is 22.1. The number of para-hydroxylation sites is 2. The van der Waals surface area contributed by atoms with Crippen LogP contribution in [-0.2, 0) is 24.7 Å². The number of carbonyl (C=O) groups excluding carboxylic acids is 3. The molecule has 3 heterocycles. The van der Waals surface area contributed by atoms with Crippen molar-refractivity contribution in [2.24, 2.45) is 5.92 Å². The number of methoxy groups -OCH3 is 1. The van der Waals surface area contributed by atoms with Gasteiger partial charge in [-0.25, -0.2) is 0 Å². The van der Waals surface area contributed by atoms with Crippen molar-refractivity contribution < 1.29 is 23.9 Å². The number of carbonyl (C=O) groups is 3. The first-order valence-electron chi connectivity index (χ1n) is 10.1. The smallest absolute Gasteiger partial charge is 0.314 e. The van der Waals surface area contributed by atoms with Crippen LogP contribution in [0.1, 0.15) is 16.7 Å². The number of hydrogen-bond acceptors (Lipinski definition) is 6. The molecule has 160 valence electrons. The number of hydrogen-bond donors (Lipinski definition) is 2. The lowest BCUT2D eigenvalue weighted by atomic mass is 9.69. The minimum atomic E-state index is -1.85. The lowest BCUT2D eigenvalue weighted by molar-refractivity contribution is -0.165. The number of likely N-dealkylation sites (tertiary alicyclic amines) is 1. The number of amides is 2. The van der Waals surface area contributed by atoms with E-state index in [1.54, 1.807) is 36.2 Å². The fourth-order valence-electron chi connectivity index (χ4n) is 5.51. The maximum absolute atomic E-state index is 13.8. The third-order valence-corrected chi connectivity index (χ3v) is 6.72. The van der Waals surface area contributed by atoms with Gasteiger partial charge in [-0.05, 0) is 38.6 Å². The Hall–Kier alpha value is -3.39. The largest absolute Gasteiger partial charge is 0.471 e. The normalized spacial score (nSPS) is 28.7. The van der Waals surface area contributed by atoms with Gasteiger partial charge in [-0.3, -0.25) is 19.3 Å². The number of esters is 1. The number of anilines is 2. The van der Waals surface area contributed by atoms with Gasteiger partial charge in [0.05, 0.1) is 12.8 Å². The Kier molecular flexibility index (Phi) is 3.98. The van der Waals surface area contributed by atoms with E-state index in [0.717, 1.165) is 11.1 Å². The zero-order valence-corrected chi connectivity index (χ0v) is 17.7. The molecule has 1 saturated heterocycles. The Bertz CT molecular complexity index is 1160. The van der Waals surface area contributed by atoms with E-state index in [4.69, 9.17) is 9.47 Å². The lowest BCUT2D eigenvalue weighted by Crippen LogP contribution is -2.70. The van der Waals surface area contributed by atoms with Gasteiger partial charge in [0.1, 0.15) is 11.7 Å². The van der Waals surface area contributed by atoms with Crippen molar-refractivity contribution in [1.82, 2.24) is 4.90 Å². The van der Waals surface area contributed by atoms with Crippen LogP contribution in [0.3, 0.4) is 0 Å². The van der Waals surface area contributed by atoms with Crippen LogP contribution in [0.25, 0.3) is 0 Å². The van der Waals surface area contributed by atoms with Crippen LogP contribution in [0.5, 0.6) is 5.75 Å². The summed E-state index contributed by atoms with van der Waals surface area (Å²) in [4.78, 5) is 42.2. The van der Waals surface area contributed by atoms with Crippen LogP contribution in [0.2, 0.25) is 0 Å². The summed E-state index contributed by atoms with van der Waals surface area (Å²) >= 11 is 0. The van der Waals surface area contributed by atoms with Gasteiger partial charge in [-0.2, -0.15) is 0 Å². The van der Waals surface area contributed by atoms with Crippen LogP contribution < -0.4 is 15.4 Å². The summed E-state index contributed by atoms with van der Waals surface area (Å²) < 4.78 is 11.5. The third-order valence-electron chi connectivity index (χ3n) is 6.72. The predicted octanol–water partition coefficient (Wildman–Crippen LogP) is 1.96. The number of benzene rings is 2. The van der Waals surface area contributed by atoms with Gasteiger partial charge in [-0.1, -0.05) is 29.8 Å². The molecule has 0 bridgehead atoms. The molecule has 0 aromatic heterocycles. The van der Waals surface area contributed by atoms with Crippen LogP contribution >= 0.6 is 0 Å². The van der Waals surface area contributed by atoms with Gasteiger partial charge in [0.2, 0.25) is 5.60 Å². The van der Waals surface area contributed by atoms with Gasteiger partial charge >= 0.3 is 5.97 Å². The number of likely N-dealkylation sites (N-methyl/N-ethyl adjacent to an activating group) is 1. The van der Waals surface area contributed by atoms with E-state index in [1.807, 2.05) is 26.0 Å². The number of aryl methyl sites for hydroxylation is 2. The van der Waals surface area contributed by atoms with E-state index in [9.17, 15) is 14.4 Å². The molecule has 8 heteroatoms. The van der Waals surface area contributed by atoms with Gasteiger partial charge in [0.25, 0.3) is 11.8 Å². The Morgan fingerprint density at radius 3 is 2.65 bits per heavy atom. The van der Waals surface area contributed by atoms with Gasteiger partial charge in [-0.15, -0.1) is 0 Å². The molecule has 31 heavy (non-hydrogen) atoms. The van der Waals surface area contributed by atoms with E-state index in [2.05, 4.69) is 10.6 Å². The first-order valence-corrected chi connectivity index (χ1v) is 10.1. The summed E-state index contributed by atoms with van der Waals surface area (Å²) in [5.41, 5.74) is 0.177. The Labute approximate surface area is 179 Å². The zero-order valence-electron chi connectivity index (χ0n) is 17.7. The highest BCUT2D eigenvalue weighted by Gasteiger charge is 2.78. The molecule has 2 aromatic rings. The van der Waals surface area contributed by atoms with E-state index in [1.165, 1.54) is 7.11 Å². The molecular formula is C23H23N3O5. The van der Waals surface area contributed by atoms with Crippen LogP contribution in [-0.4, -0.2) is 49.0 Å². The van der Waals surface area contributed by atoms with Crippen LogP contribution in [0.4, 0.5) is 11.4 Å². The second kappa shape index (κ2) is 6.31. The first kappa shape index (κ1) is 19.6. The van der Waals surface area contributed by atoms with E-state index in [0.29, 0.717) is 22.7 Å². The molecule has 5 rings (SSSR count). The molecule has 2 amide bonds. The molecule has 2 N–H and O–H groups in total. The highest BCUT2D eigenvalue weighted by Crippen LogP contribution is 2.58. The van der Waals surface area contributed by atoms with Crippen molar-refractivity contribution in [2.75, 3.05) is 31.3 Å². The van der Waals surface area contributed by atoms with Crippen molar-refractivity contribution in [1.29, 1.82) is 0 Å². The number of fused-ring (bicyclic) bond motifs is 4. The SMILES string of the molecule is COC(=O)[C@@H]1CN(C)[C@]2(C(=O)Nc3c(C)cc(C)cc32)[C@]12Oc1ccccc1NC2=O. The van der Waals surface area contributed by atoms with E-state index in [-0.39, 0.29) is 6.54 Å². The standard InChI is InChI=1S/C23H23N3O5/c1-12-9-13(2)18-14(10-12)22(20(28)25-18)23(15(11-26(22)3)19(27)30-4)21(29)24-16-7-5-6-8-17(16)31-23/h5-10,15H,11H2,1-4H3,(H,24,29)(H,25,28)/t15-,22+,23-/m0/s1. The van der Waals surface area contributed by atoms with E-state index < -0.39 is 34.8 Å². The maximum atomic E-state index is 13.8. The second-order valence-corrected chi connectivity index (χ2v) is 8.41. The fraction of sp³-hybridized carbons (Fsp3) is 0.348. The molecule has 0 saturated carbocycles. The van der Waals surface area contributed by atoms with Gasteiger partial charge in [0.15, 0.2) is 5.54 Å². The fourth-order valence-corrected chi connectivity index (χ4v) is 5.51. The van der Waals surface area contributed by atoms with Crippen molar-refractivity contribution in [2.45, 2.75) is 25.0 Å². The van der Waals surface area contributed by atoms with Gasteiger partial charge < -0.3 is 20.1 Å². The number of nitrogens with one attached hydrogen (secondary N) is 2. The Morgan fingerprint density at radius 2 is 1.90 bits per heavy atom. The van der Waals surface area contributed by atoms with Crippen molar-refractivity contribution >= 4 is 29.2 Å². The molecule has 8 nitrogen and oxygen atoms in total. The summed E-state index contributed by atoms with van der Waals surface area (Å²) in [7, 11) is 3.00. The number of ether oxygens (including phenoxy) is 2. The highest BCUT2D eigenvalue weighted by atomic mass is 16.5. The second-order valence-electron chi connectivity index (χ2n) is 8.41. The number of nitrogens with zero attached hydrogens (tertiary/aromatic N) is 1. The summed E-state index contributed by atoms with van der Waals surface area (Å²) in [6, 6.07) is 10.8. The van der Waals surface area contributed by atoms with Crippen molar-refractivity contribution in [3.8, 4) is 5.75 Å². The summed E-state index contributed by atoms with van der Waals surface area (Å²) in [6.45, 7) is 3.95. The number of rotatable bonds is 1. The molecule has 0 radical (unpaired) electrons. The summed E-state index contributed by atoms with van der Waals surface area (Å²) in [5.74, 6) is -2.18. The third kappa shape index (κ3) is 2.20. The lowest BCUT2D eigenvalue weighted by Gasteiger charge is -2.46. The van der Waals surface area contributed by atoms with Crippen LogP contribution in [0, 0.1) is 19.8 Å². The molecule has 0 unspecified atom stereocenters. The molecule has 0 aliphatic carbocycles. The molecule has 3 aliphatic rings. The topological polar surface area (TPSA) is 97.0 Å². The predicted molar refractivity (Wildman–Crippen MR) is 113 cm³/mol. The average Bonchev–Trinajstić information content (AvgIpc) is 3.18. The molecule has 2 spiro atoms. The Morgan fingerprint density at radius 1 is 1.16 bits per heavy atom. The van der Waals surface area contributed by atoms with Crippen molar-refractivity contribution in [3.05, 3.63) is 53.1 Å². The molecule has 2 aromatic carbocycles. The van der Waals surface area contributed by atoms with Crippen LogP contribution in [0.15, 0.2) is 36.4 Å². The van der Waals surface area contributed by atoms with Gasteiger partial charge in [0, 0.05) is 17.8 Å². The molecule has 3 aliphatic heterocycles. The van der Waals surface area contributed by atoms with E-state index >= 15 is 0 Å². The summed E-state index contributed by atoms with van der Waals surface area (Å²) in [5, 5.41) is 5.83.